The maximum Gasteiger partial charge on any atom is 0.231 e. The highest BCUT2D eigenvalue weighted by Crippen LogP contribution is 2.49. The lowest BCUT2D eigenvalue weighted by Gasteiger charge is -2.03. The predicted octanol–water partition coefficient (Wildman–Crippen LogP) is 3.40. The van der Waals surface area contributed by atoms with E-state index in [1.807, 2.05) is 30.3 Å². The average molecular weight is 266 g/mol. The molecular weight excluding hydrogens is 252 g/mol. The van der Waals surface area contributed by atoms with Gasteiger partial charge in [0.25, 0.3) is 0 Å². The molecule has 0 saturated heterocycles. The van der Waals surface area contributed by atoms with Gasteiger partial charge in [0.05, 0.1) is 0 Å². The Labute approximate surface area is 117 Å². The molecule has 1 aliphatic carbocycles. The van der Waals surface area contributed by atoms with Crippen LogP contribution in [-0.2, 0) is 0 Å². The molecular formula is C17H14O3. The molecule has 2 aliphatic rings. The molecule has 2 atom stereocenters. The maximum atomic E-state index is 12.5. The Morgan fingerprint density at radius 2 is 1.80 bits per heavy atom. The number of Topliss-reactive ketones (excluding diaryl/α,β-unsaturated/α-hetero) is 1. The lowest BCUT2D eigenvalue weighted by atomic mass is 10.0. The number of carbonyl (C=O) groups is 1. The minimum absolute atomic E-state index is 0.109. The van der Waals surface area contributed by atoms with Crippen LogP contribution in [-0.4, -0.2) is 12.6 Å². The van der Waals surface area contributed by atoms with Crippen LogP contribution in [0.15, 0.2) is 48.5 Å². The van der Waals surface area contributed by atoms with Crippen molar-refractivity contribution in [3.8, 4) is 11.5 Å². The Kier molecular flexibility index (Phi) is 2.52. The monoisotopic (exact) mass is 266 g/mol. The van der Waals surface area contributed by atoms with Crippen LogP contribution in [0, 0.1) is 5.92 Å². The molecule has 0 amide bonds. The summed E-state index contributed by atoms with van der Waals surface area (Å²) in [6.07, 6.45) is 0.942. The van der Waals surface area contributed by atoms with E-state index in [9.17, 15) is 4.79 Å². The number of hydrogen-bond acceptors (Lipinski definition) is 3. The molecule has 0 unspecified atom stereocenters. The summed E-state index contributed by atoms with van der Waals surface area (Å²) in [5, 5.41) is 0. The minimum Gasteiger partial charge on any atom is -0.454 e. The second-order valence-corrected chi connectivity index (χ2v) is 5.29. The first-order valence-electron chi connectivity index (χ1n) is 6.82. The molecule has 0 bridgehead atoms. The Morgan fingerprint density at radius 1 is 1.00 bits per heavy atom. The fourth-order valence-corrected chi connectivity index (χ4v) is 2.82. The SMILES string of the molecule is O=C(c1ccc2c(c1)OCO2)[C@@H]1C[C@H]1c1ccccc1. The van der Waals surface area contributed by atoms with Gasteiger partial charge in [0.15, 0.2) is 17.3 Å². The van der Waals surface area contributed by atoms with Gasteiger partial charge in [-0.05, 0) is 36.1 Å². The summed E-state index contributed by atoms with van der Waals surface area (Å²) in [6, 6.07) is 15.7. The van der Waals surface area contributed by atoms with E-state index in [4.69, 9.17) is 9.47 Å². The molecule has 0 spiro atoms. The molecule has 20 heavy (non-hydrogen) atoms. The van der Waals surface area contributed by atoms with Crippen molar-refractivity contribution in [3.63, 3.8) is 0 Å². The Bertz CT molecular complexity index is 663. The second-order valence-electron chi connectivity index (χ2n) is 5.29. The third-order valence-corrected chi connectivity index (χ3v) is 4.01. The topological polar surface area (TPSA) is 35.5 Å². The molecule has 0 N–H and O–H groups in total. The molecule has 1 aliphatic heterocycles. The highest BCUT2D eigenvalue weighted by molar-refractivity contribution is 6.00. The van der Waals surface area contributed by atoms with Gasteiger partial charge in [-0.3, -0.25) is 4.79 Å². The van der Waals surface area contributed by atoms with E-state index in [1.165, 1.54) is 5.56 Å². The van der Waals surface area contributed by atoms with E-state index in [1.54, 1.807) is 6.07 Å². The fourth-order valence-electron chi connectivity index (χ4n) is 2.82. The Hall–Kier alpha value is -2.29. The number of ether oxygens (including phenoxy) is 2. The van der Waals surface area contributed by atoms with Crippen LogP contribution in [0.1, 0.15) is 28.3 Å². The zero-order valence-electron chi connectivity index (χ0n) is 10.9. The first kappa shape index (κ1) is 11.5. The van der Waals surface area contributed by atoms with Crippen molar-refractivity contribution in [1.82, 2.24) is 0 Å². The number of fused-ring (bicyclic) bond motifs is 1. The largest absolute Gasteiger partial charge is 0.454 e. The molecule has 4 rings (SSSR count). The molecule has 100 valence electrons. The molecule has 2 aromatic rings. The number of carbonyl (C=O) groups excluding carboxylic acids is 1. The minimum atomic E-state index is 0.109. The Balaban J connectivity index is 1.55. The van der Waals surface area contributed by atoms with Gasteiger partial charge in [-0.25, -0.2) is 0 Å². The number of benzene rings is 2. The van der Waals surface area contributed by atoms with Gasteiger partial charge in [0, 0.05) is 11.5 Å². The maximum absolute atomic E-state index is 12.5. The predicted molar refractivity (Wildman–Crippen MR) is 74.2 cm³/mol. The number of ketones is 1. The van der Waals surface area contributed by atoms with Crippen molar-refractivity contribution in [2.24, 2.45) is 5.92 Å². The van der Waals surface area contributed by atoms with E-state index >= 15 is 0 Å². The van der Waals surface area contributed by atoms with Crippen LogP contribution in [0.5, 0.6) is 11.5 Å². The zero-order valence-corrected chi connectivity index (χ0v) is 10.9. The Morgan fingerprint density at radius 3 is 2.65 bits per heavy atom. The average Bonchev–Trinajstić information content (AvgIpc) is 3.17. The van der Waals surface area contributed by atoms with E-state index < -0.39 is 0 Å². The molecule has 0 aromatic heterocycles. The standard InChI is InChI=1S/C17H14O3/c18-17(12-6-7-15-16(8-12)20-10-19-15)14-9-13(14)11-4-2-1-3-5-11/h1-8,13-14H,9-10H2/t13-,14+/m0/s1. The van der Waals surface area contributed by atoms with Crippen LogP contribution in [0.2, 0.25) is 0 Å². The molecule has 0 radical (unpaired) electrons. The molecule has 2 aromatic carbocycles. The van der Waals surface area contributed by atoms with Gasteiger partial charge in [-0.1, -0.05) is 30.3 Å². The summed E-state index contributed by atoms with van der Waals surface area (Å²) in [5.41, 5.74) is 1.98. The summed E-state index contributed by atoms with van der Waals surface area (Å²) in [4.78, 5) is 12.5. The van der Waals surface area contributed by atoms with Crippen molar-refractivity contribution < 1.29 is 14.3 Å². The van der Waals surface area contributed by atoms with Gasteiger partial charge >= 0.3 is 0 Å². The zero-order chi connectivity index (χ0) is 13.5. The van der Waals surface area contributed by atoms with Crippen molar-refractivity contribution >= 4 is 5.78 Å². The third kappa shape index (κ3) is 1.86. The highest BCUT2D eigenvalue weighted by Gasteiger charge is 2.44. The quantitative estimate of drug-likeness (QED) is 0.799. The van der Waals surface area contributed by atoms with Crippen LogP contribution in [0.4, 0.5) is 0 Å². The smallest absolute Gasteiger partial charge is 0.231 e. The highest BCUT2D eigenvalue weighted by atomic mass is 16.7. The summed E-state index contributed by atoms with van der Waals surface area (Å²) < 4.78 is 10.6. The molecule has 3 heteroatoms. The van der Waals surface area contributed by atoms with Gasteiger partial charge in [0.2, 0.25) is 6.79 Å². The van der Waals surface area contributed by atoms with Gasteiger partial charge in [-0.15, -0.1) is 0 Å². The number of hydrogen-bond donors (Lipinski definition) is 0. The van der Waals surface area contributed by atoms with Crippen molar-refractivity contribution in [2.75, 3.05) is 6.79 Å². The first-order valence-corrected chi connectivity index (χ1v) is 6.82. The fraction of sp³-hybridized carbons (Fsp3) is 0.235. The third-order valence-electron chi connectivity index (χ3n) is 4.01. The summed E-state index contributed by atoms with van der Waals surface area (Å²) in [5.74, 6) is 2.08. The van der Waals surface area contributed by atoms with Gasteiger partial charge < -0.3 is 9.47 Å². The van der Waals surface area contributed by atoms with E-state index in [0.29, 0.717) is 11.7 Å². The lowest BCUT2D eigenvalue weighted by molar-refractivity contribution is 0.0965. The van der Waals surface area contributed by atoms with Crippen molar-refractivity contribution in [3.05, 3.63) is 59.7 Å². The van der Waals surface area contributed by atoms with Crippen molar-refractivity contribution in [2.45, 2.75) is 12.3 Å². The normalized spacial score (nSPS) is 22.6. The lowest BCUT2D eigenvalue weighted by Crippen LogP contribution is -2.03. The molecule has 3 nitrogen and oxygen atoms in total. The molecule has 1 fully saturated rings. The van der Waals surface area contributed by atoms with Gasteiger partial charge in [-0.2, -0.15) is 0 Å². The van der Waals surface area contributed by atoms with Crippen LogP contribution < -0.4 is 9.47 Å². The molecule has 1 saturated carbocycles. The van der Waals surface area contributed by atoms with E-state index in [2.05, 4.69) is 12.1 Å². The first-order chi connectivity index (χ1) is 9.83. The van der Waals surface area contributed by atoms with Gasteiger partial charge in [0.1, 0.15) is 0 Å². The summed E-state index contributed by atoms with van der Waals surface area (Å²) in [7, 11) is 0. The number of rotatable bonds is 3. The summed E-state index contributed by atoms with van der Waals surface area (Å²) in [6.45, 7) is 0.239. The second kappa shape index (κ2) is 4.37. The van der Waals surface area contributed by atoms with E-state index in [0.717, 1.165) is 17.7 Å². The van der Waals surface area contributed by atoms with Crippen LogP contribution in [0.3, 0.4) is 0 Å². The van der Waals surface area contributed by atoms with Crippen molar-refractivity contribution in [1.29, 1.82) is 0 Å². The van der Waals surface area contributed by atoms with Crippen LogP contribution >= 0.6 is 0 Å². The van der Waals surface area contributed by atoms with Crippen LogP contribution in [0.25, 0.3) is 0 Å². The van der Waals surface area contributed by atoms with E-state index in [-0.39, 0.29) is 18.5 Å². The summed E-state index contributed by atoms with van der Waals surface area (Å²) >= 11 is 0. The molecule has 1 heterocycles.